The molecule has 4 N–H and O–H groups in total. The van der Waals surface area contributed by atoms with Crippen molar-refractivity contribution in [2.24, 2.45) is 5.73 Å². The molecule has 3 aromatic rings. The van der Waals surface area contributed by atoms with Gasteiger partial charge in [-0.05, 0) is 24.6 Å². The van der Waals surface area contributed by atoms with Gasteiger partial charge in [-0.3, -0.25) is 10.2 Å². The molecule has 0 aliphatic heterocycles. The summed E-state index contributed by atoms with van der Waals surface area (Å²) in [4.78, 5) is 12.8. The maximum Gasteiger partial charge on any atom is 0.573 e. The number of benzene rings is 3. The minimum atomic E-state index is -4.93. The number of nitrogen functional groups attached to an aromatic ring is 1. The van der Waals surface area contributed by atoms with Crippen molar-refractivity contribution < 1.29 is 41.0 Å². The first-order valence-electron chi connectivity index (χ1n) is 10.8. The number of amides is 1. The summed E-state index contributed by atoms with van der Waals surface area (Å²) in [7, 11) is 0. The normalized spacial score (nSPS) is 11.7. The fraction of sp³-hybridized carbons (Fsp3) is 0.200. The van der Waals surface area contributed by atoms with E-state index >= 15 is 0 Å². The molecule has 0 fully saturated rings. The second kappa shape index (κ2) is 13.1. The number of nitrogens with one attached hydrogen (secondary N) is 2. The Morgan fingerprint density at radius 1 is 1.00 bits per heavy atom. The molecule has 0 saturated carbocycles. The van der Waals surface area contributed by atoms with Crippen LogP contribution in [0.3, 0.4) is 0 Å². The Morgan fingerprint density at radius 3 is 2.16 bits per heavy atom. The summed E-state index contributed by atoms with van der Waals surface area (Å²) in [6.45, 7) is 1.53. The van der Waals surface area contributed by atoms with Crippen molar-refractivity contribution in [3.05, 3.63) is 89.0 Å². The van der Waals surface area contributed by atoms with Gasteiger partial charge in [0.2, 0.25) is 0 Å². The highest BCUT2D eigenvalue weighted by Crippen LogP contribution is 2.32. The first kappa shape index (κ1) is 30.3. The Labute approximate surface area is 220 Å². The predicted octanol–water partition coefficient (Wildman–Crippen LogP) is 5.76. The van der Waals surface area contributed by atoms with Crippen LogP contribution in [-0.2, 0) is 16.1 Å². The van der Waals surface area contributed by atoms with Gasteiger partial charge in [-0.15, -0.1) is 25.6 Å². The number of carbonyl (C=O) groups excluding carboxylic acids is 1. The average molecular weight is 560 g/mol. The lowest BCUT2D eigenvalue weighted by molar-refractivity contribution is -0.274. The van der Waals surface area contributed by atoms with E-state index in [4.69, 9.17) is 20.6 Å². The minimum Gasteiger partial charge on any atom is -0.457 e. The van der Waals surface area contributed by atoms with Gasteiger partial charge in [0, 0.05) is 36.9 Å². The molecule has 1 amide bonds. The molecule has 1 atom stereocenters. The molecular weight excluding hydrogens is 537 g/mol. The van der Waals surface area contributed by atoms with Crippen LogP contribution in [0, 0.1) is 17.0 Å². The maximum atomic E-state index is 14.9. The Hall–Kier alpha value is -3.90. The lowest BCUT2D eigenvalue weighted by atomic mass is 10.1. The lowest BCUT2D eigenvalue weighted by Gasteiger charge is -2.19. The van der Waals surface area contributed by atoms with Gasteiger partial charge >= 0.3 is 6.36 Å². The molecule has 0 aliphatic carbocycles. The minimum absolute atomic E-state index is 0. The van der Waals surface area contributed by atoms with Crippen LogP contribution in [0.5, 0.6) is 17.2 Å². The van der Waals surface area contributed by atoms with Gasteiger partial charge in [-0.2, -0.15) is 0 Å². The number of amidine groups is 1. The van der Waals surface area contributed by atoms with E-state index < -0.39 is 41.3 Å². The number of hydrogen-bond acceptors (Lipinski definition) is 5. The van der Waals surface area contributed by atoms with Gasteiger partial charge < -0.3 is 25.3 Å². The second-order valence-corrected chi connectivity index (χ2v) is 7.59. The highest BCUT2D eigenvalue weighted by Gasteiger charge is 2.31. The van der Waals surface area contributed by atoms with Gasteiger partial charge in [-0.25, -0.2) is 8.78 Å². The number of alkyl halides is 3. The monoisotopic (exact) mass is 559 g/mol. The summed E-state index contributed by atoms with van der Waals surface area (Å²) in [5.74, 6) is -4.33. The second-order valence-electron chi connectivity index (χ2n) is 7.59. The quantitative estimate of drug-likeness (QED) is 0.166. The van der Waals surface area contributed by atoms with Gasteiger partial charge in [-0.1, -0.05) is 30.3 Å². The Bertz CT molecular complexity index is 1250. The number of ether oxygens (including phenoxy) is 3. The van der Waals surface area contributed by atoms with Gasteiger partial charge in [0.05, 0.1) is 5.56 Å². The fourth-order valence-corrected chi connectivity index (χ4v) is 3.28. The van der Waals surface area contributed by atoms with Crippen molar-refractivity contribution in [2.45, 2.75) is 25.9 Å². The van der Waals surface area contributed by atoms with Crippen LogP contribution >= 0.6 is 12.4 Å². The molecule has 204 valence electrons. The zero-order valence-electron chi connectivity index (χ0n) is 19.8. The summed E-state index contributed by atoms with van der Waals surface area (Å²) >= 11 is 0. The highest BCUT2D eigenvalue weighted by atomic mass is 35.5. The summed E-state index contributed by atoms with van der Waals surface area (Å²) < 4.78 is 81.6. The van der Waals surface area contributed by atoms with Crippen molar-refractivity contribution in [1.82, 2.24) is 5.32 Å². The molecule has 0 heterocycles. The SMILES string of the molecule is CCOC(C(=O)NCc1ccc(C(=N)N)cc1)c1c(F)cc(Oc2cccc(OC(F)(F)F)c2)cc1F.Cl. The Morgan fingerprint density at radius 2 is 1.61 bits per heavy atom. The molecule has 3 aromatic carbocycles. The molecule has 13 heteroatoms. The molecule has 0 aromatic heterocycles. The third-order valence-corrected chi connectivity index (χ3v) is 4.89. The van der Waals surface area contributed by atoms with Crippen molar-refractivity contribution in [3.8, 4) is 17.2 Å². The number of carbonyl (C=O) groups is 1. The predicted molar refractivity (Wildman–Crippen MR) is 130 cm³/mol. The highest BCUT2D eigenvalue weighted by molar-refractivity contribution is 5.94. The van der Waals surface area contributed by atoms with E-state index in [-0.39, 0.29) is 42.9 Å². The van der Waals surface area contributed by atoms with E-state index in [1.807, 2.05) is 0 Å². The lowest BCUT2D eigenvalue weighted by Crippen LogP contribution is -2.31. The average Bonchev–Trinajstić information content (AvgIpc) is 2.81. The van der Waals surface area contributed by atoms with Crippen molar-refractivity contribution in [1.29, 1.82) is 5.41 Å². The maximum absolute atomic E-state index is 14.9. The van der Waals surface area contributed by atoms with Gasteiger partial charge in [0.25, 0.3) is 5.91 Å². The number of hydrogen-bond donors (Lipinski definition) is 3. The van der Waals surface area contributed by atoms with Crippen LogP contribution in [0.4, 0.5) is 22.0 Å². The number of rotatable bonds is 10. The molecule has 0 aliphatic rings. The van der Waals surface area contributed by atoms with E-state index in [2.05, 4.69) is 10.1 Å². The molecule has 3 rings (SSSR count). The fourth-order valence-electron chi connectivity index (χ4n) is 3.28. The van der Waals surface area contributed by atoms with Crippen LogP contribution in [0.25, 0.3) is 0 Å². The zero-order valence-corrected chi connectivity index (χ0v) is 20.6. The van der Waals surface area contributed by atoms with Crippen LogP contribution in [-0.4, -0.2) is 24.7 Å². The summed E-state index contributed by atoms with van der Waals surface area (Å²) in [5.41, 5.74) is 5.89. The van der Waals surface area contributed by atoms with Gasteiger partial charge in [0.15, 0.2) is 6.10 Å². The first-order valence-corrected chi connectivity index (χ1v) is 10.8. The smallest absolute Gasteiger partial charge is 0.457 e. The van der Waals surface area contributed by atoms with E-state index in [9.17, 15) is 26.7 Å². The van der Waals surface area contributed by atoms with Crippen LogP contribution in [0.2, 0.25) is 0 Å². The van der Waals surface area contributed by atoms with Crippen molar-refractivity contribution >= 4 is 24.1 Å². The molecule has 1 unspecified atom stereocenters. The standard InChI is InChI=1S/C25H22F5N3O4.ClH/c1-2-35-22(24(34)33-13-14-6-8-15(9-7-14)23(31)32)21-19(26)11-18(12-20(21)27)36-16-4-3-5-17(10-16)37-25(28,29)30;/h3-12,22H,2,13H2,1H3,(H3,31,32)(H,33,34);1H. The van der Waals surface area contributed by atoms with E-state index in [1.54, 1.807) is 31.2 Å². The summed E-state index contributed by atoms with van der Waals surface area (Å²) in [6.07, 6.45) is -6.55. The molecular formula is C25H23ClF5N3O4. The van der Waals surface area contributed by atoms with E-state index in [0.717, 1.165) is 24.3 Å². The number of nitrogens with two attached hydrogens (primary N) is 1. The molecule has 38 heavy (non-hydrogen) atoms. The largest absolute Gasteiger partial charge is 0.573 e. The third kappa shape index (κ3) is 8.32. The van der Waals surface area contributed by atoms with E-state index in [1.165, 1.54) is 12.1 Å². The van der Waals surface area contributed by atoms with Crippen LogP contribution in [0.15, 0.2) is 60.7 Å². The Balaban J connectivity index is 0.00000507. The third-order valence-electron chi connectivity index (χ3n) is 4.89. The molecule has 7 nitrogen and oxygen atoms in total. The van der Waals surface area contributed by atoms with Crippen LogP contribution < -0.4 is 20.5 Å². The number of halogens is 6. The molecule has 0 saturated heterocycles. The Kier molecular flexibility index (Phi) is 10.4. The van der Waals surface area contributed by atoms with Crippen molar-refractivity contribution in [3.63, 3.8) is 0 Å². The van der Waals surface area contributed by atoms with Crippen molar-refractivity contribution in [2.75, 3.05) is 6.61 Å². The molecule has 0 spiro atoms. The van der Waals surface area contributed by atoms with Gasteiger partial charge in [0.1, 0.15) is 34.7 Å². The van der Waals surface area contributed by atoms with E-state index in [0.29, 0.717) is 11.1 Å². The first-order chi connectivity index (χ1) is 17.5. The summed E-state index contributed by atoms with van der Waals surface area (Å²) in [5, 5.41) is 9.94. The molecule has 0 bridgehead atoms. The summed E-state index contributed by atoms with van der Waals surface area (Å²) in [6, 6.07) is 12.4. The topological polar surface area (TPSA) is 107 Å². The molecule has 0 radical (unpaired) electrons. The van der Waals surface area contributed by atoms with Crippen LogP contribution in [0.1, 0.15) is 29.7 Å². The zero-order chi connectivity index (χ0) is 27.2.